The van der Waals surface area contributed by atoms with Gasteiger partial charge in [-0.3, -0.25) is 4.79 Å². The number of halogens is 1. The standard InChI is InChI=1S/C17H17FN4O2S/c1-3-4-12-8-14(23)20-17(19-12)25-9-15-21-16(22-24-15)11-6-5-10(2)13(18)7-11/h5-8H,3-4,9H2,1-2H3,(H,19,20,23). The Hall–Kier alpha value is -2.48. The maximum absolute atomic E-state index is 13.6. The molecule has 0 amide bonds. The van der Waals surface area contributed by atoms with Gasteiger partial charge in [0.25, 0.3) is 5.56 Å². The fourth-order valence-corrected chi connectivity index (χ4v) is 2.96. The number of benzene rings is 1. The highest BCUT2D eigenvalue weighted by Crippen LogP contribution is 2.22. The van der Waals surface area contributed by atoms with Crippen LogP contribution in [0.4, 0.5) is 4.39 Å². The van der Waals surface area contributed by atoms with Gasteiger partial charge in [0.05, 0.1) is 5.75 Å². The summed E-state index contributed by atoms with van der Waals surface area (Å²) in [4.78, 5) is 23.0. The largest absolute Gasteiger partial charge is 0.338 e. The van der Waals surface area contributed by atoms with Gasteiger partial charge in [-0.05, 0) is 25.0 Å². The first-order chi connectivity index (χ1) is 12.0. The summed E-state index contributed by atoms with van der Waals surface area (Å²) in [6.07, 6.45) is 1.67. The summed E-state index contributed by atoms with van der Waals surface area (Å²) in [7, 11) is 0. The van der Waals surface area contributed by atoms with Gasteiger partial charge in [0, 0.05) is 17.3 Å². The second-order valence-electron chi connectivity index (χ2n) is 5.56. The lowest BCUT2D eigenvalue weighted by atomic mass is 10.1. The maximum Gasteiger partial charge on any atom is 0.251 e. The van der Waals surface area contributed by atoms with Crippen LogP contribution in [0, 0.1) is 12.7 Å². The number of aromatic nitrogens is 4. The van der Waals surface area contributed by atoms with Crippen molar-refractivity contribution in [2.24, 2.45) is 0 Å². The predicted octanol–water partition coefficient (Wildman–Crippen LogP) is 3.51. The SMILES string of the molecule is CCCc1cc(=O)[nH]c(SCc2nc(-c3ccc(C)c(F)c3)no2)n1. The van der Waals surface area contributed by atoms with E-state index in [0.29, 0.717) is 33.8 Å². The molecule has 0 spiro atoms. The quantitative estimate of drug-likeness (QED) is 0.535. The first kappa shape index (κ1) is 17.3. The minimum atomic E-state index is -0.312. The van der Waals surface area contributed by atoms with Gasteiger partial charge in [0.15, 0.2) is 5.16 Å². The monoisotopic (exact) mass is 360 g/mol. The minimum absolute atomic E-state index is 0.178. The summed E-state index contributed by atoms with van der Waals surface area (Å²) in [5, 5.41) is 4.39. The van der Waals surface area contributed by atoms with Crippen molar-refractivity contribution < 1.29 is 8.91 Å². The van der Waals surface area contributed by atoms with Crippen molar-refractivity contribution in [2.45, 2.75) is 37.6 Å². The Morgan fingerprint density at radius 1 is 1.28 bits per heavy atom. The zero-order chi connectivity index (χ0) is 17.8. The Labute approximate surface area is 147 Å². The van der Waals surface area contributed by atoms with Crippen molar-refractivity contribution >= 4 is 11.8 Å². The molecular formula is C17H17FN4O2S. The summed E-state index contributed by atoms with van der Waals surface area (Å²) in [5.41, 5.74) is 1.70. The van der Waals surface area contributed by atoms with Crippen LogP contribution in [0.15, 0.2) is 38.7 Å². The number of nitrogens with zero attached hydrogens (tertiary/aromatic N) is 3. The summed E-state index contributed by atoms with van der Waals surface area (Å²) < 4.78 is 18.8. The first-order valence-electron chi connectivity index (χ1n) is 7.87. The molecule has 0 fully saturated rings. The Balaban J connectivity index is 1.71. The van der Waals surface area contributed by atoms with E-state index in [1.54, 1.807) is 19.1 Å². The van der Waals surface area contributed by atoms with Gasteiger partial charge in [0.1, 0.15) is 5.82 Å². The van der Waals surface area contributed by atoms with Crippen molar-refractivity contribution in [3.05, 3.63) is 57.6 Å². The number of H-pyrrole nitrogens is 1. The molecular weight excluding hydrogens is 343 g/mol. The van der Waals surface area contributed by atoms with Crippen LogP contribution in [-0.4, -0.2) is 20.1 Å². The van der Waals surface area contributed by atoms with Gasteiger partial charge in [-0.15, -0.1) is 0 Å². The fraction of sp³-hybridized carbons (Fsp3) is 0.294. The third-order valence-electron chi connectivity index (χ3n) is 3.51. The van der Waals surface area contributed by atoms with E-state index < -0.39 is 0 Å². The molecule has 0 aliphatic carbocycles. The van der Waals surface area contributed by atoms with E-state index in [2.05, 4.69) is 20.1 Å². The zero-order valence-corrected chi connectivity index (χ0v) is 14.7. The van der Waals surface area contributed by atoms with Crippen molar-refractivity contribution in [3.8, 4) is 11.4 Å². The third kappa shape index (κ3) is 4.33. The van der Waals surface area contributed by atoms with E-state index in [9.17, 15) is 9.18 Å². The molecule has 0 aliphatic rings. The summed E-state index contributed by atoms with van der Waals surface area (Å²) in [5.74, 6) is 0.757. The molecule has 1 aromatic carbocycles. The molecule has 0 radical (unpaired) electrons. The molecule has 0 aliphatic heterocycles. The summed E-state index contributed by atoms with van der Waals surface area (Å²) in [6.45, 7) is 3.72. The smallest absolute Gasteiger partial charge is 0.251 e. The summed E-state index contributed by atoms with van der Waals surface area (Å²) >= 11 is 1.30. The van der Waals surface area contributed by atoms with Gasteiger partial charge in [-0.2, -0.15) is 4.98 Å². The number of hydrogen-bond acceptors (Lipinski definition) is 6. The van der Waals surface area contributed by atoms with Crippen LogP contribution in [0.1, 0.15) is 30.5 Å². The lowest BCUT2D eigenvalue weighted by molar-refractivity contribution is 0.391. The lowest BCUT2D eigenvalue weighted by Gasteiger charge is -2.01. The van der Waals surface area contributed by atoms with Crippen LogP contribution >= 0.6 is 11.8 Å². The van der Waals surface area contributed by atoms with Crippen molar-refractivity contribution in [1.29, 1.82) is 0 Å². The Morgan fingerprint density at radius 2 is 2.12 bits per heavy atom. The molecule has 2 heterocycles. The molecule has 130 valence electrons. The molecule has 0 saturated heterocycles. The van der Waals surface area contributed by atoms with Gasteiger partial charge in [-0.25, -0.2) is 9.37 Å². The molecule has 3 aromatic rings. The molecule has 25 heavy (non-hydrogen) atoms. The van der Waals surface area contributed by atoms with Crippen LogP contribution in [0.3, 0.4) is 0 Å². The predicted molar refractivity (Wildman–Crippen MR) is 92.8 cm³/mol. The molecule has 8 heteroatoms. The highest BCUT2D eigenvalue weighted by atomic mass is 32.2. The number of hydrogen-bond donors (Lipinski definition) is 1. The van der Waals surface area contributed by atoms with Crippen molar-refractivity contribution in [1.82, 2.24) is 20.1 Å². The highest BCUT2D eigenvalue weighted by Gasteiger charge is 2.11. The highest BCUT2D eigenvalue weighted by molar-refractivity contribution is 7.98. The molecule has 3 rings (SSSR count). The van der Waals surface area contributed by atoms with Gasteiger partial charge in [0.2, 0.25) is 11.7 Å². The van der Waals surface area contributed by atoms with Crippen molar-refractivity contribution in [3.63, 3.8) is 0 Å². The average molecular weight is 360 g/mol. The molecule has 0 saturated carbocycles. The molecule has 0 atom stereocenters. The van der Waals surface area contributed by atoms with Gasteiger partial charge >= 0.3 is 0 Å². The van der Waals surface area contributed by atoms with Crippen LogP contribution in [0.25, 0.3) is 11.4 Å². The van der Waals surface area contributed by atoms with Crippen LogP contribution in [-0.2, 0) is 12.2 Å². The van der Waals surface area contributed by atoms with Crippen LogP contribution in [0.2, 0.25) is 0 Å². The number of thioether (sulfide) groups is 1. The topological polar surface area (TPSA) is 84.7 Å². The Kier molecular flexibility index (Phi) is 5.28. The third-order valence-corrected chi connectivity index (χ3v) is 4.37. The Morgan fingerprint density at radius 3 is 2.88 bits per heavy atom. The number of aromatic amines is 1. The maximum atomic E-state index is 13.6. The molecule has 6 nitrogen and oxygen atoms in total. The minimum Gasteiger partial charge on any atom is -0.338 e. The fourth-order valence-electron chi connectivity index (χ4n) is 2.23. The molecule has 0 bridgehead atoms. The second kappa shape index (κ2) is 7.60. The zero-order valence-electron chi connectivity index (χ0n) is 13.9. The molecule has 1 N–H and O–H groups in total. The van der Waals surface area contributed by atoms with Gasteiger partial charge in [-0.1, -0.05) is 42.4 Å². The normalized spacial score (nSPS) is 11.0. The number of nitrogens with one attached hydrogen (secondary N) is 1. The van der Waals surface area contributed by atoms with E-state index >= 15 is 0 Å². The van der Waals surface area contributed by atoms with Crippen molar-refractivity contribution in [2.75, 3.05) is 0 Å². The van der Waals surface area contributed by atoms with E-state index in [0.717, 1.165) is 18.5 Å². The average Bonchev–Trinajstić information content (AvgIpc) is 3.04. The Bertz CT molecular complexity index is 938. The summed E-state index contributed by atoms with van der Waals surface area (Å²) in [6, 6.07) is 6.30. The number of rotatable bonds is 6. The van der Waals surface area contributed by atoms with Crippen LogP contribution in [0.5, 0.6) is 0 Å². The molecule has 2 aromatic heterocycles. The second-order valence-corrected chi connectivity index (χ2v) is 6.52. The number of aryl methyl sites for hydroxylation is 2. The van der Waals surface area contributed by atoms with E-state index in [1.165, 1.54) is 23.9 Å². The van der Waals surface area contributed by atoms with E-state index in [-0.39, 0.29) is 11.4 Å². The molecule has 0 unspecified atom stereocenters. The van der Waals surface area contributed by atoms with E-state index in [4.69, 9.17) is 4.52 Å². The first-order valence-corrected chi connectivity index (χ1v) is 8.86. The van der Waals surface area contributed by atoms with Crippen LogP contribution < -0.4 is 5.56 Å². The van der Waals surface area contributed by atoms with Gasteiger partial charge < -0.3 is 9.51 Å². The lowest BCUT2D eigenvalue weighted by Crippen LogP contribution is -2.09. The van der Waals surface area contributed by atoms with E-state index in [1.807, 2.05) is 6.92 Å².